The maximum Gasteiger partial charge on any atom is 0.326 e. The molecule has 4 nitrogen and oxygen atoms in total. The van der Waals surface area contributed by atoms with E-state index in [1.54, 1.807) is 0 Å². The van der Waals surface area contributed by atoms with Crippen LogP contribution in [-0.4, -0.2) is 23.0 Å². The summed E-state index contributed by atoms with van der Waals surface area (Å²) in [7, 11) is 0. The van der Waals surface area contributed by atoms with Crippen molar-refractivity contribution >= 4 is 11.9 Å². The van der Waals surface area contributed by atoms with Gasteiger partial charge >= 0.3 is 5.97 Å². The van der Waals surface area contributed by atoms with E-state index in [0.29, 0.717) is 0 Å². The predicted molar refractivity (Wildman–Crippen MR) is 60.9 cm³/mol. The highest BCUT2D eigenvalue weighted by atomic mass is 16.4. The van der Waals surface area contributed by atoms with Gasteiger partial charge in [0.15, 0.2) is 0 Å². The molecule has 0 saturated heterocycles. The number of carbonyl (C=O) groups excluding carboxylic acids is 1. The van der Waals surface area contributed by atoms with E-state index in [1.165, 1.54) is 0 Å². The van der Waals surface area contributed by atoms with Gasteiger partial charge in [0, 0.05) is 5.92 Å². The third kappa shape index (κ3) is 3.08. The number of allylic oxidation sites excluding steroid dienone is 2. The predicted octanol–water partition coefficient (Wildman–Crippen LogP) is 1.57. The van der Waals surface area contributed by atoms with Crippen molar-refractivity contribution in [2.45, 2.75) is 39.2 Å². The normalized spacial score (nSPS) is 19.4. The Morgan fingerprint density at radius 1 is 1.44 bits per heavy atom. The van der Waals surface area contributed by atoms with E-state index in [-0.39, 0.29) is 17.7 Å². The molecule has 0 fully saturated rings. The average molecular weight is 225 g/mol. The lowest BCUT2D eigenvalue weighted by Crippen LogP contribution is -2.46. The molecule has 1 amide bonds. The summed E-state index contributed by atoms with van der Waals surface area (Å²) in [5, 5.41) is 11.7. The molecule has 0 bridgehead atoms. The fourth-order valence-corrected chi connectivity index (χ4v) is 1.79. The van der Waals surface area contributed by atoms with Crippen LogP contribution in [0.1, 0.15) is 33.1 Å². The van der Waals surface area contributed by atoms with Gasteiger partial charge in [-0.25, -0.2) is 4.79 Å². The Labute approximate surface area is 95.7 Å². The van der Waals surface area contributed by atoms with Crippen molar-refractivity contribution in [1.29, 1.82) is 0 Å². The van der Waals surface area contributed by atoms with Crippen LogP contribution >= 0.6 is 0 Å². The fourth-order valence-electron chi connectivity index (χ4n) is 1.79. The Kier molecular flexibility index (Phi) is 4.52. The molecular weight excluding hydrogens is 206 g/mol. The Morgan fingerprint density at radius 3 is 2.44 bits per heavy atom. The van der Waals surface area contributed by atoms with Crippen LogP contribution in [0, 0.1) is 11.8 Å². The third-order valence-electron chi connectivity index (χ3n) is 3.16. The lowest BCUT2D eigenvalue weighted by Gasteiger charge is -2.21. The van der Waals surface area contributed by atoms with E-state index in [4.69, 9.17) is 5.11 Å². The summed E-state index contributed by atoms with van der Waals surface area (Å²) in [5.74, 6) is -1.21. The molecular formula is C12H19NO3. The van der Waals surface area contributed by atoms with Gasteiger partial charge in [0.05, 0.1) is 0 Å². The van der Waals surface area contributed by atoms with Crippen LogP contribution in [0.5, 0.6) is 0 Å². The monoisotopic (exact) mass is 225 g/mol. The lowest BCUT2D eigenvalue weighted by atomic mass is 9.97. The number of nitrogens with one attached hydrogen (secondary N) is 1. The van der Waals surface area contributed by atoms with Gasteiger partial charge in [-0.05, 0) is 18.8 Å². The molecule has 2 N–H and O–H groups in total. The maximum absolute atomic E-state index is 11.8. The molecule has 0 saturated carbocycles. The molecule has 2 atom stereocenters. The summed E-state index contributed by atoms with van der Waals surface area (Å²) < 4.78 is 0. The van der Waals surface area contributed by atoms with Crippen LogP contribution in [0.2, 0.25) is 0 Å². The molecule has 1 aliphatic carbocycles. The van der Waals surface area contributed by atoms with Gasteiger partial charge in [-0.1, -0.05) is 32.4 Å². The van der Waals surface area contributed by atoms with Gasteiger partial charge in [0.1, 0.15) is 6.04 Å². The van der Waals surface area contributed by atoms with Gasteiger partial charge in [-0.3, -0.25) is 4.79 Å². The Balaban J connectivity index is 2.54. The summed E-state index contributed by atoms with van der Waals surface area (Å²) in [6, 6.07) is -0.766. The molecule has 0 aromatic carbocycles. The van der Waals surface area contributed by atoms with E-state index in [2.05, 4.69) is 5.32 Å². The molecule has 1 rings (SSSR count). The third-order valence-corrected chi connectivity index (χ3v) is 3.16. The van der Waals surface area contributed by atoms with Crippen molar-refractivity contribution in [3.8, 4) is 0 Å². The second kappa shape index (κ2) is 5.68. The van der Waals surface area contributed by atoms with E-state index in [0.717, 1.165) is 19.3 Å². The zero-order valence-electron chi connectivity index (χ0n) is 9.77. The highest BCUT2D eigenvalue weighted by molar-refractivity contribution is 5.85. The number of hydrogen-bond acceptors (Lipinski definition) is 2. The first-order chi connectivity index (χ1) is 7.56. The molecule has 0 aromatic heterocycles. The summed E-state index contributed by atoms with van der Waals surface area (Å²) in [6.45, 7) is 3.76. The zero-order chi connectivity index (χ0) is 12.1. The SMILES string of the molecule is CCC(C)[C@H](NC(=O)C1CC=CC1)C(=O)O. The van der Waals surface area contributed by atoms with Crippen LogP contribution in [0.4, 0.5) is 0 Å². The highest BCUT2D eigenvalue weighted by Crippen LogP contribution is 2.18. The van der Waals surface area contributed by atoms with Crippen molar-refractivity contribution in [2.24, 2.45) is 11.8 Å². The van der Waals surface area contributed by atoms with Crippen LogP contribution in [-0.2, 0) is 9.59 Å². The van der Waals surface area contributed by atoms with Gasteiger partial charge in [0.25, 0.3) is 0 Å². The Morgan fingerprint density at radius 2 is 2.00 bits per heavy atom. The van der Waals surface area contributed by atoms with E-state index < -0.39 is 12.0 Å². The van der Waals surface area contributed by atoms with Crippen molar-refractivity contribution in [2.75, 3.05) is 0 Å². The van der Waals surface area contributed by atoms with E-state index in [9.17, 15) is 9.59 Å². The quantitative estimate of drug-likeness (QED) is 0.698. The number of amides is 1. The molecule has 0 aliphatic heterocycles. The minimum Gasteiger partial charge on any atom is -0.480 e. The fraction of sp³-hybridized carbons (Fsp3) is 0.667. The number of aliphatic carboxylic acids is 1. The number of carboxylic acid groups (broad SMARTS) is 1. The van der Waals surface area contributed by atoms with Crippen LogP contribution in [0.15, 0.2) is 12.2 Å². The van der Waals surface area contributed by atoms with Crippen molar-refractivity contribution in [3.05, 3.63) is 12.2 Å². The van der Waals surface area contributed by atoms with Crippen LogP contribution < -0.4 is 5.32 Å². The van der Waals surface area contributed by atoms with Crippen LogP contribution in [0.3, 0.4) is 0 Å². The molecule has 4 heteroatoms. The number of hydrogen-bond donors (Lipinski definition) is 2. The van der Waals surface area contributed by atoms with E-state index in [1.807, 2.05) is 26.0 Å². The minimum atomic E-state index is -0.950. The molecule has 0 heterocycles. The molecule has 0 spiro atoms. The zero-order valence-corrected chi connectivity index (χ0v) is 9.77. The molecule has 1 unspecified atom stereocenters. The number of carboxylic acids is 1. The highest BCUT2D eigenvalue weighted by Gasteiger charge is 2.28. The number of rotatable bonds is 5. The molecule has 90 valence electrons. The standard InChI is InChI=1S/C12H19NO3/c1-3-8(2)10(12(15)16)13-11(14)9-6-4-5-7-9/h4-5,8-10H,3,6-7H2,1-2H3,(H,13,14)(H,15,16)/t8?,10-/m0/s1. The molecule has 0 aromatic rings. The largest absolute Gasteiger partial charge is 0.480 e. The first kappa shape index (κ1) is 12.7. The van der Waals surface area contributed by atoms with Gasteiger partial charge in [-0.15, -0.1) is 0 Å². The summed E-state index contributed by atoms with van der Waals surface area (Å²) >= 11 is 0. The van der Waals surface area contributed by atoms with Gasteiger partial charge in [0.2, 0.25) is 5.91 Å². The smallest absolute Gasteiger partial charge is 0.326 e. The second-order valence-electron chi connectivity index (χ2n) is 4.35. The van der Waals surface area contributed by atoms with Crippen molar-refractivity contribution in [3.63, 3.8) is 0 Å². The second-order valence-corrected chi connectivity index (χ2v) is 4.35. The molecule has 16 heavy (non-hydrogen) atoms. The van der Waals surface area contributed by atoms with Gasteiger partial charge in [-0.2, -0.15) is 0 Å². The van der Waals surface area contributed by atoms with Crippen molar-refractivity contribution in [1.82, 2.24) is 5.32 Å². The summed E-state index contributed by atoms with van der Waals surface area (Å²) in [4.78, 5) is 22.8. The minimum absolute atomic E-state index is 0.0455. The van der Waals surface area contributed by atoms with Gasteiger partial charge < -0.3 is 10.4 Å². The van der Waals surface area contributed by atoms with Crippen LogP contribution in [0.25, 0.3) is 0 Å². The van der Waals surface area contributed by atoms with E-state index >= 15 is 0 Å². The number of carbonyl (C=O) groups is 2. The molecule has 0 radical (unpaired) electrons. The first-order valence-electron chi connectivity index (χ1n) is 5.74. The topological polar surface area (TPSA) is 66.4 Å². The average Bonchev–Trinajstić information content (AvgIpc) is 2.77. The maximum atomic E-state index is 11.8. The summed E-state index contributed by atoms with van der Waals surface area (Å²) in [6.07, 6.45) is 6.10. The Hall–Kier alpha value is -1.32. The summed E-state index contributed by atoms with van der Waals surface area (Å²) in [5.41, 5.74) is 0. The molecule has 1 aliphatic rings. The first-order valence-corrected chi connectivity index (χ1v) is 5.74. The lowest BCUT2D eigenvalue weighted by molar-refractivity contribution is -0.143. The Bertz CT molecular complexity index is 291. The van der Waals surface area contributed by atoms with Crippen molar-refractivity contribution < 1.29 is 14.7 Å².